The first-order valence-electron chi connectivity index (χ1n) is 9.36. The van der Waals surface area contributed by atoms with E-state index in [4.69, 9.17) is 0 Å². The van der Waals surface area contributed by atoms with E-state index in [1.807, 2.05) is 9.80 Å². The van der Waals surface area contributed by atoms with Gasteiger partial charge in [-0.25, -0.2) is 8.78 Å². The number of piperazine rings is 1. The molecular formula is C19H27Cl2F2N3O. The largest absolute Gasteiger partial charge is 0.366 e. The molecule has 0 aromatic heterocycles. The highest BCUT2D eigenvalue weighted by Gasteiger charge is 2.40. The number of benzene rings is 1. The van der Waals surface area contributed by atoms with Crippen LogP contribution in [0.1, 0.15) is 32.1 Å². The van der Waals surface area contributed by atoms with Crippen LogP contribution in [0.4, 0.5) is 14.5 Å². The number of carbonyl (C=O) groups excluding carboxylic acids is 1. The van der Waals surface area contributed by atoms with E-state index in [0.717, 1.165) is 18.6 Å². The Bertz CT molecular complexity index is 642. The topological polar surface area (TPSA) is 35.6 Å². The molecule has 8 heteroatoms. The molecule has 2 saturated heterocycles. The third-order valence-corrected chi connectivity index (χ3v) is 6.00. The first-order chi connectivity index (χ1) is 12.1. The zero-order valence-electron chi connectivity index (χ0n) is 15.2. The molecule has 0 bridgehead atoms. The van der Waals surface area contributed by atoms with Gasteiger partial charge in [-0.15, -0.1) is 24.8 Å². The van der Waals surface area contributed by atoms with Crippen LogP contribution in [0, 0.1) is 17.6 Å². The van der Waals surface area contributed by atoms with E-state index in [1.165, 1.54) is 31.7 Å². The van der Waals surface area contributed by atoms with Gasteiger partial charge in [0.15, 0.2) is 0 Å². The van der Waals surface area contributed by atoms with Gasteiger partial charge in [0.2, 0.25) is 5.91 Å². The van der Waals surface area contributed by atoms with Crippen molar-refractivity contribution in [3.8, 4) is 0 Å². The van der Waals surface area contributed by atoms with Crippen molar-refractivity contribution in [3.05, 3.63) is 29.8 Å². The minimum absolute atomic E-state index is 0. The molecule has 1 N–H and O–H groups in total. The highest BCUT2D eigenvalue weighted by atomic mass is 35.5. The maximum absolute atomic E-state index is 13.9. The van der Waals surface area contributed by atoms with Gasteiger partial charge in [-0.2, -0.15) is 0 Å². The van der Waals surface area contributed by atoms with Gasteiger partial charge in [-0.1, -0.05) is 12.8 Å². The minimum Gasteiger partial charge on any atom is -0.366 e. The highest BCUT2D eigenvalue weighted by Crippen LogP contribution is 2.34. The summed E-state index contributed by atoms with van der Waals surface area (Å²) in [5.74, 6) is -0.0329. The second-order valence-corrected chi connectivity index (χ2v) is 7.51. The number of hydrogen-bond acceptors (Lipinski definition) is 3. The van der Waals surface area contributed by atoms with Crippen LogP contribution in [0.2, 0.25) is 0 Å². The number of carbonyl (C=O) groups is 1. The molecule has 1 aliphatic carbocycles. The van der Waals surface area contributed by atoms with Crippen LogP contribution in [0.3, 0.4) is 0 Å². The lowest BCUT2D eigenvalue weighted by Crippen LogP contribution is -2.53. The second-order valence-electron chi connectivity index (χ2n) is 7.51. The van der Waals surface area contributed by atoms with Crippen molar-refractivity contribution in [2.24, 2.45) is 5.92 Å². The van der Waals surface area contributed by atoms with E-state index in [2.05, 4.69) is 5.32 Å². The van der Waals surface area contributed by atoms with Crippen LogP contribution in [-0.2, 0) is 4.79 Å². The summed E-state index contributed by atoms with van der Waals surface area (Å²) in [5.41, 5.74) is 0.289. The zero-order chi connectivity index (χ0) is 17.4. The predicted octanol–water partition coefficient (Wildman–Crippen LogP) is 3.38. The van der Waals surface area contributed by atoms with E-state index >= 15 is 0 Å². The molecule has 27 heavy (non-hydrogen) atoms. The molecule has 4 nitrogen and oxygen atoms in total. The molecule has 0 radical (unpaired) electrons. The first-order valence-corrected chi connectivity index (χ1v) is 9.36. The molecule has 2 heterocycles. The molecule has 1 saturated carbocycles. The van der Waals surface area contributed by atoms with Gasteiger partial charge in [-0.3, -0.25) is 4.79 Å². The fourth-order valence-electron chi connectivity index (χ4n) is 4.63. The lowest BCUT2D eigenvalue weighted by molar-refractivity contribution is -0.133. The number of nitrogens with zero attached hydrogens (tertiary/aromatic N) is 2. The summed E-state index contributed by atoms with van der Waals surface area (Å²) in [4.78, 5) is 16.5. The van der Waals surface area contributed by atoms with Gasteiger partial charge >= 0.3 is 0 Å². The molecule has 1 amide bonds. The number of amides is 1. The summed E-state index contributed by atoms with van der Waals surface area (Å²) in [7, 11) is 0. The SMILES string of the molecule is Cl.Cl.O=C(C1CC2CCCCC2N1)N1CCN(c2cc(F)ccc2F)CC1. The molecule has 0 spiro atoms. The monoisotopic (exact) mass is 421 g/mol. The number of rotatable bonds is 2. The van der Waals surface area contributed by atoms with Gasteiger partial charge in [0.1, 0.15) is 11.6 Å². The molecule has 1 aromatic carbocycles. The summed E-state index contributed by atoms with van der Waals surface area (Å²) in [5, 5.41) is 3.54. The first kappa shape index (κ1) is 22.2. The molecule has 3 atom stereocenters. The van der Waals surface area contributed by atoms with Crippen LogP contribution < -0.4 is 10.2 Å². The maximum atomic E-state index is 13.9. The van der Waals surface area contributed by atoms with Crippen LogP contribution in [0.5, 0.6) is 0 Å². The molecule has 1 aromatic rings. The van der Waals surface area contributed by atoms with E-state index in [0.29, 0.717) is 38.1 Å². The average Bonchev–Trinajstić information content (AvgIpc) is 3.07. The normalized spacial score (nSPS) is 27.4. The maximum Gasteiger partial charge on any atom is 0.239 e. The van der Waals surface area contributed by atoms with Gasteiger partial charge in [0.05, 0.1) is 11.7 Å². The lowest BCUT2D eigenvalue weighted by atomic mass is 9.85. The smallest absolute Gasteiger partial charge is 0.239 e. The molecule has 4 rings (SSSR count). The number of fused-ring (bicyclic) bond motifs is 1. The quantitative estimate of drug-likeness (QED) is 0.794. The molecule has 3 fully saturated rings. The van der Waals surface area contributed by atoms with Crippen molar-refractivity contribution >= 4 is 36.4 Å². The minimum atomic E-state index is -0.437. The number of nitrogens with one attached hydrogen (secondary N) is 1. The van der Waals surface area contributed by atoms with Crippen molar-refractivity contribution < 1.29 is 13.6 Å². The highest BCUT2D eigenvalue weighted by molar-refractivity contribution is 5.85. The standard InChI is InChI=1S/C19H25F2N3O.2ClH/c20-14-5-6-15(21)18(12-14)23-7-9-24(10-8-23)19(25)17-11-13-3-1-2-4-16(13)22-17;;/h5-6,12-13,16-17,22H,1-4,7-11H2;2*1H. The van der Waals surface area contributed by atoms with E-state index < -0.39 is 11.6 Å². The lowest BCUT2D eigenvalue weighted by Gasteiger charge is -2.37. The summed E-state index contributed by atoms with van der Waals surface area (Å²) < 4.78 is 27.3. The summed E-state index contributed by atoms with van der Waals surface area (Å²) >= 11 is 0. The fourth-order valence-corrected chi connectivity index (χ4v) is 4.63. The Morgan fingerprint density at radius 3 is 2.44 bits per heavy atom. The van der Waals surface area contributed by atoms with Crippen molar-refractivity contribution in [1.82, 2.24) is 10.2 Å². The van der Waals surface area contributed by atoms with Crippen molar-refractivity contribution in [2.45, 2.75) is 44.2 Å². The Balaban J connectivity index is 0.00000131. The Labute approximate surface area is 171 Å². The Hall–Kier alpha value is -1.11. The van der Waals surface area contributed by atoms with Gasteiger partial charge in [-0.05, 0) is 37.3 Å². The summed E-state index contributed by atoms with van der Waals surface area (Å²) in [6.45, 7) is 2.18. The third kappa shape index (κ3) is 4.66. The van der Waals surface area contributed by atoms with Crippen LogP contribution in [0.25, 0.3) is 0 Å². The number of anilines is 1. The van der Waals surface area contributed by atoms with E-state index in [1.54, 1.807) is 0 Å². The summed E-state index contributed by atoms with van der Waals surface area (Å²) in [6.07, 6.45) is 5.89. The fraction of sp³-hybridized carbons (Fsp3) is 0.632. The zero-order valence-corrected chi connectivity index (χ0v) is 16.8. The second kappa shape index (κ2) is 9.39. The molecule has 3 aliphatic rings. The Morgan fingerprint density at radius 2 is 1.74 bits per heavy atom. The Morgan fingerprint density at radius 1 is 1.04 bits per heavy atom. The predicted molar refractivity (Wildman–Crippen MR) is 107 cm³/mol. The number of halogens is 4. The van der Waals surface area contributed by atoms with Crippen LogP contribution in [-0.4, -0.2) is 49.1 Å². The summed E-state index contributed by atoms with van der Waals surface area (Å²) in [6, 6.07) is 3.96. The van der Waals surface area contributed by atoms with Gasteiger partial charge in [0, 0.05) is 38.3 Å². The number of hydrogen-bond donors (Lipinski definition) is 1. The average molecular weight is 422 g/mol. The molecule has 152 valence electrons. The van der Waals surface area contributed by atoms with Crippen LogP contribution >= 0.6 is 24.8 Å². The van der Waals surface area contributed by atoms with Crippen LogP contribution in [0.15, 0.2) is 18.2 Å². The van der Waals surface area contributed by atoms with E-state index in [-0.39, 0.29) is 42.5 Å². The van der Waals surface area contributed by atoms with E-state index in [9.17, 15) is 13.6 Å². The molecular weight excluding hydrogens is 395 g/mol. The van der Waals surface area contributed by atoms with Gasteiger partial charge in [0.25, 0.3) is 0 Å². The van der Waals surface area contributed by atoms with Crippen molar-refractivity contribution in [1.29, 1.82) is 0 Å². The molecule has 3 unspecified atom stereocenters. The third-order valence-electron chi connectivity index (χ3n) is 6.00. The van der Waals surface area contributed by atoms with Gasteiger partial charge < -0.3 is 15.1 Å². The van der Waals surface area contributed by atoms with Crippen molar-refractivity contribution in [3.63, 3.8) is 0 Å². The molecule has 2 aliphatic heterocycles. The Kier molecular flexibility index (Phi) is 7.72. The van der Waals surface area contributed by atoms with Crippen molar-refractivity contribution in [2.75, 3.05) is 31.1 Å².